The van der Waals surface area contributed by atoms with Crippen LogP contribution in [0.3, 0.4) is 0 Å². The van der Waals surface area contributed by atoms with E-state index >= 15 is 0 Å². The number of aromatic nitrogens is 3. The van der Waals surface area contributed by atoms with Gasteiger partial charge in [-0.3, -0.25) is 18.7 Å². The summed E-state index contributed by atoms with van der Waals surface area (Å²) in [5.74, 6) is -0.00180. The lowest BCUT2D eigenvalue weighted by molar-refractivity contribution is -0.142. The van der Waals surface area contributed by atoms with Crippen molar-refractivity contribution in [3.8, 4) is 5.82 Å². The van der Waals surface area contributed by atoms with Crippen molar-refractivity contribution in [2.24, 2.45) is 0 Å². The maximum atomic E-state index is 12.6. The van der Waals surface area contributed by atoms with Crippen LogP contribution in [0.25, 0.3) is 16.9 Å². The third-order valence-electron chi connectivity index (χ3n) is 5.28. The first-order valence-electron chi connectivity index (χ1n) is 10.2. The highest BCUT2D eigenvalue weighted by molar-refractivity contribution is 5.99. The lowest BCUT2D eigenvalue weighted by Gasteiger charge is -2.06. The van der Waals surface area contributed by atoms with E-state index in [4.69, 9.17) is 13.7 Å². The Kier molecular flexibility index (Phi) is 5.81. The number of hydrogen-bond donors (Lipinski definition) is 0. The minimum atomic E-state index is -0.500. The Bertz CT molecular complexity index is 1350. The highest BCUT2D eigenvalue weighted by Crippen LogP contribution is 2.21. The van der Waals surface area contributed by atoms with Crippen molar-refractivity contribution >= 4 is 22.9 Å². The minimum Gasteiger partial charge on any atom is -0.457 e. The number of nitrogens with zero attached hydrogens (tertiary/aromatic N) is 3. The normalized spacial score (nSPS) is 11.2. The third-order valence-corrected chi connectivity index (χ3v) is 5.28. The van der Waals surface area contributed by atoms with Crippen LogP contribution in [0.4, 0.5) is 0 Å². The van der Waals surface area contributed by atoms with Gasteiger partial charge in [0.1, 0.15) is 5.76 Å². The smallest absolute Gasteiger partial charge is 0.419 e. The van der Waals surface area contributed by atoms with Gasteiger partial charge in [-0.15, -0.1) is 0 Å². The average Bonchev–Trinajstić information content (AvgIpc) is 3.41. The van der Waals surface area contributed by atoms with Gasteiger partial charge in [0.15, 0.2) is 18.0 Å². The van der Waals surface area contributed by atoms with Crippen molar-refractivity contribution in [2.45, 2.75) is 40.2 Å². The largest absolute Gasteiger partial charge is 0.457 e. The van der Waals surface area contributed by atoms with E-state index < -0.39 is 11.7 Å². The summed E-state index contributed by atoms with van der Waals surface area (Å²) in [7, 11) is 0. The molecule has 0 spiro atoms. The summed E-state index contributed by atoms with van der Waals surface area (Å²) >= 11 is 0. The molecule has 9 nitrogen and oxygen atoms in total. The van der Waals surface area contributed by atoms with Crippen LogP contribution in [-0.4, -0.2) is 32.7 Å². The van der Waals surface area contributed by atoms with Gasteiger partial charge in [-0.2, -0.15) is 0 Å². The molecule has 0 atom stereocenters. The van der Waals surface area contributed by atoms with Crippen LogP contribution < -0.4 is 5.76 Å². The zero-order valence-electron chi connectivity index (χ0n) is 18.1. The highest BCUT2D eigenvalue weighted by Gasteiger charge is 2.19. The summed E-state index contributed by atoms with van der Waals surface area (Å²) < 4.78 is 18.8. The maximum absolute atomic E-state index is 12.6. The molecular formula is C23H23N3O6. The Labute approximate surface area is 183 Å². The second kappa shape index (κ2) is 8.70. The lowest BCUT2D eigenvalue weighted by Crippen LogP contribution is -2.17. The SMILES string of the molecule is Cc1cc(-n2c(C)cc(C(=O)COC(=O)CCCn3c(=O)oc4ccccc43)c2C)no1. The van der Waals surface area contributed by atoms with E-state index in [1.807, 2.05) is 17.6 Å². The number of aryl methyl sites for hydroxylation is 3. The number of fused-ring (bicyclic) bond motifs is 1. The number of Topliss-reactive ketones (excluding diaryl/α,β-unsaturated/α-hetero) is 1. The van der Waals surface area contributed by atoms with Gasteiger partial charge in [0.2, 0.25) is 5.78 Å². The molecule has 4 aromatic rings. The van der Waals surface area contributed by atoms with E-state index in [1.54, 1.807) is 44.2 Å². The molecule has 3 heterocycles. The van der Waals surface area contributed by atoms with Crippen LogP contribution in [0.5, 0.6) is 0 Å². The first kappa shape index (κ1) is 21.4. The first-order valence-corrected chi connectivity index (χ1v) is 10.2. The molecule has 0 saturated carbocycles. The Balaban J connectivity index is 1.33. The van der Waals surface area contributed by atoms with Gasteiger partial charge in [-0.25, -0.2) is 4.79 Å². The van der Waals surface area contributed by atoms with Gasteiger partial charge in [0.05, 0.1) is 5.52 Å². The molecule has 166 valence electrons. The molecule has 32 heavy (non-hydrogen) atoms. The molecule has 0 amide bonds. The van der Waals surface area contributed by atoms with Gasteiger partial charge >= 0.3 is 11.7 Å². The molecule has 0 aliphatic rings. The zero-order chi connectivity index (χ0) is 22.8. The maximum Gasteiger partial charge on any atom is 0.419 e. The summed E-state index contributed by atoms with van der Waals surface area (Å²) in [6, 6.07) is 10.6. The summed E-state index contributed by atoms with van der Waals surface area (Å²) in [5, 5.41) is 3.99. The Morgan fingerprint density at radius 3 is 2.66 bits per heavy atom. The van der Waals surface area contributed by atoms with Crippen molar-refractivity contribution in [3.63, 3.8) is 0 Å². The van der Waals surface area contributed by atoms with E-state index in [1.165, 1.54) is 4.57 Å². The molecule has 3 aromatic heterocycles. The average molecular weight is 437 g/mol. The number of benzene rings is 1. The fraction of sp³-hybridized carbons (Fsp3) is 0.304. The standard InChI is InChI=1S/C23H23N3O6/c1-14-11-17(16(3)26(14)21-12-15(2)32-24-21)19(27)13-30-22(28)9-6-10-25-18-7-4-5-8-20(18)31-23(25)29/h4-5,7-8,11-12H,6,9-10,13H2,1-3H3. The molecule has 1 aromatic carbocycles. The van der Waals surface area contributed by atoms with Gasteiger partial charge < -0.3 is 13.7 Å². The van der Waals surface area contributed by atoms with Crippen molar-refractivity contribution < 1.29 is 23.3 Å². The molecule has 0 aliphatic carbocycles. The Hall–Kier alpha value is -3.88. The van der Waals surface area contributed by atoms with Gasteiger partial charge in [0, 0.05) is 36.0 Å². The van der Waals surface area contributed by atoms with Crippen LogP contribution in [0, 0.1) is 20.8 Å². The van der Waals surface area contributed by atoms with Crippen molar-refractivity contribution in [3.05, 3.63) is 69.7 Å². The predicted molar refractivity (Wildman–Crippen MR) is 115 cm³/mol. The number of rotatable bonds is 8. The quantitative estimate of drug-likeness (QED) is 0.306. The van der Waals surface area contributed by atoms with E-state index in [2.05, 4.69) is 5.16 Å². The number of ether oxygens (including phenoxy) is 1. The highest BCUT2D eigenvalue weighted by atomic mass is 16.5. The van der Waals surface area contributed by atoms with E-state index in [0.29, 0.717) is 46.9 Å². The van der Waals surface area contributed by atoms with Crippen molar-refractivity contribution in [1.82, 2.24) is 14.3 Å². The van der Waals surface area contributed by atoms with Crippen LogP contribution in [0.2, 0.25) is 0 Å². The lowest BCUT2D eigenvalue weighted by atomic mass is 10.1. The summed E-state index contributed by atoms with van der Waals surface area (Å²) in [6.45, 7) is 5.43. The molecule has 4 rings (SSSR count). The molecule has 0 unspecified atom stereocenters. The van der Waals surface area contributed by atoms with E-state index in [9.17, 15) is 14.4 Å². The Morgan fingerprint density at radius 2 is 1.91 bits per heavy atom. The molecule has 0 saturated heterocycles. The van der Waals surface area contributed by atoms with Gasteiger partial charge in [-0.05, 0) is 45.4 Å². The summed E-state index contributed by atoms with van der Waals surface area (Å²) in [6.07, 6.45) is 0.465. The Morgan fingerprint density at radius 1 is 1.12 bits per heavy atom. The molecule has 9 heteroatoms. The molecule has 0 radical (unpaired) electrons. The van der Waals surface area contributed by atoms with Crippen LogP contribution in [0.1, 0.15) is 40.3 Å². The minimum absolute atomic E-state index is 0.0798. The van der Waals surface area contributed by atoms with E-state index in [0.717, 1.165) is 5.69 Å². The summed E-state index contributed by atoms with van der Waals surface area (Å²) in [5.41, 5.74) is 3.17. The molecule has 0 fully saturated rings. The zero-order valence-corrected chi connectivity index (χ0v) is 18.1. The molecule has 0 bridgehead atoms. The molecular weight excluding hydrogens is 414 g/mol. The third kappa shape index (κ3) is 4.14. The summed E-state index contributed by atoms with van der Waals surface area (Å²) in [4.78, 5) is 36.7. The van der Waals surface area contributed by atoms with Crippen LogP contribution in [0.15, 0.2) is 50.1 Å². The molecule has 0 aliphatic heterocycles. The number of carbonyl (C=O) groups is 2. The van der Waals surface area contributed by atoms with Gasteiger partial charge in [0.25, 0.3) is 0 Å². The topological polar surface area (TPSA) is 109 Å². The number of para-hydroxylation sites is 2. The fourth-order valence-corrected chi connectivity index (χ4v) is 3.76. The second-order valence-corrected chi connectivity index (χ2v) is 7.59. The van der Waals surface area contributed by atoms with Crippen LogP contribution >= 0.6 is 0 Å². The second-order valence-electron chi connectivity index (χ2n) is 7.59. The van der Waals surface area contributed by atoms with Crippen LogP contribution in [-0.2, 0) is 16.1 Å². The number of carbonyl (C=O) groups excluding carboxylic acids is 2. The fourth-order valence-electron chi connectivity index (χ4n) is 3.76. The number of hydrogen-bond acceptors (Lipinski definition) is 7. The predicted octanol–water partition coefficient (Wildman–Crippen LogP) is 3.50. The number of ketones is 1. The van der Waals surface area contributed by atoms with Crippen molar-refractivity contribution in [1.29, 1.82) is 0 Å². The number of esters is 1. The first-order chi connectivity index (χ1) is 15.3. The molecule has 0 N–H and O–H groups in total. The van der Waals surface area contributed by atoms with Crippen molar-refractivity contribution in [2.75, 3.05) is 6.61 Å². The number of oxazole rings is 1. The van der Waals surface area contributed by atoms with E-state index in [-0.39, 0.29) is 18.8 Å². The van der Waals surface area contributed by atoms with Gasteiger partial charge in [-0.1, -0.05) is 17.3 Å². The monoisotopic (exact) mass is 437 g/mol.